The summed E-state index contributed by atoms with van der Waals surface area (Å²) < 4.78 is 1.62. The zero-order chi connectivity index (χ0) is 16.1. The second-order valence-electron chi connectivity index (χ2n) is 7.04. The number of carbonyl (C=O) groups excluding carboxylic acids is 1. The highest BCUT2D eigenvalue weighted by Crippen LogP contribution is 2.43. The van der Waals surface area contributed by atoms with Gasteiger partial charge in [0.1, 0.15) is 11.3 Å². The van der Waals surface area contributed by atoms with Crippen LogP contribution in [0.3, 0.4) is 0 Å². The minimum Gasteiger partial charge on any atom is -0.352 e. The fourth-order valence-corrected chi connectivity index (χ4v) is 5.78. The number of nitrogens with zero attached hydrogens (tertiary/aromatic N) is 4. The van der Waals surface area contributed by atoms with Crippen LogP contribution in [0, 0.1) is 17.8 Å². The number of aromatic nitrogens is 4. The molecule has 2 bridgehead atoms. The van der Waals surface area contributed by atoms with Crippen LogP contribution in [0.2, 0.25) is 0 Å². The second-order valence-corrected chi connectivity index (χ2v) is 8.13. The molecule has 3 aliphatic carbocycles. The Balaban J connectivity index is 1.39. The van der Waals surface area contributed by atoms with Gasteiger partial charge in [0.25, 0.3) is 5.91 Å². The van der Waals surface area contributed by atoms with E-state index in [0.717, 1.165) is 42.3 Å². The molecule has 6 nitrogen and oxygen atoms in total. The molecule has 3 atom stereocenters. The van der Waals surface area contributed by atoms with Crippen molar-refractivity contribution >= 4 is 17.2 Å². The number of aryl methyl sites for hydroxylation is 1. The molecule has 0 spiro atoms. The Bertz CT molecular complexity index is 809. The Labute approximate surface area is 143 Å². The maximum absolute atomic E-state index is 12.9. The van der Waals surface area contributed by atoms with E-state index in [1.165, 1.54) is 23.3 Å². The highest BCUT2D eigenvalue weighted by Gasteiger charge is 2.36. The number of hydrogen-bond acceptors (Lipinski definition) is 5. The zero-order valence-electron chi connectivity index (χ0n) is 13.3. The number of allylic oxidation sites excluding steroid dienone is 2. The van der Waals surface area contributed by atoms with E-state index in [-0.39, 0.29) is 5.91 Å². The van der Waals surface area contributed by atoms with E-state index in [1.807, 2.05) is 0 Å². The van der Waals surface area contributed by atoms with Gasteiger partial charge in [-0.2, -0.15) is 4.68 Å². The fourth-order valence-electron chi connectivity index (χ4n) is 4.48. The molecule has 0 radical (unpaired) electrons. The molecule has 1 N–H and O–H groups in total. The Morgan fingerprint density at radius 3 is 3.04 bits per heavy atom. The van der Waals surface area contributed by atoms with Gasteiger partial charge < -0.3 is 5.32 Å². The van der Waals surface area contributed by atoms with Gasteiger partial charge in [-0.05, 0) is 65.8 Å². The van der Waals surface area contributed by atoms with Crippen LogP contribution < -0.4 is 5.32 Å². The highest BCUT2D eigenvalue weighted by atomic mass is 32.1. The van der Waals surface area contributed by atoms with Crippen LogP contribution in [0.1, 0.15) is 40.1 Å². The Hall–Kier alpha value is -2.02. The van der Waals surface area contributed by atoms with Crippen LogP contribution >= 0.6 is 11.3 Å². The third-order valence-corrected chi connectivity index (χ3v) is 6.91. The highest BCUT2D eigenvalue weighted by molar-refractivity contribution is 7.15. The molecule has 0 unspecified atom stereocenters. The number of carbonyl (C=O) groups is 1. The topological polar surface area (TPSA) is 72.7 Å². The van der Waals surface area contributed by atoms with E-state index in [2.05, 4.69) is 33.0 Å². The molecule has 0 aliphatic heterocycles. The summed E-state index contributed by atoms with van der Waals surface area (Å²) in [4.78, 5) is 14.3. The van der Waals surface area contributed by atoms with Gasteiger partial charge in [0.05, 0.1) is 5.56 Å². The molecule has 5 rings (SSSR count). The van der Waals surface area contributed by atoms with Crippen molar-refractivity contribution in [3.63, 3.8) is 0 Å². The lowest BCUT2D eigenvalue weighted by Crippen LogP contribution is -2.31. The summed E-state index contributed by atoms with van der Waals surface area (Å²) in [5.41, 5.74) is 1.99. The lowest BCUT2D eigenvalue weighted by atomic mass is 9.93. The van der Waals surface area contributed by atoms with Crippen molar-refractivity contribution in [3.05, 3.63) is 34.5 Å². The van der Waals surface area contributed by atoms with Crippen molar-refractivity contribution in [2.45, 2.75) is 32.1 Å². The molecule has 7 heteroatoms. The minimum atomic E-state index is 0.0339. The predicted octanol–water partition coefficient (Wildman–Crippen LogP) is 2.15. The van der Waals surface area contributed by atoms with Gasteiger partial charge in [-0.15, -0.1) is 16.4 Å². The van der Waals surface area contributed by atoms with Crippen LogP contribution in [0.25, 0.3) is 5.00 Å². The van der Waals surface area contributed by atoms with E-state index in [4.69, 9.17) is 0 Å². The van der Waals surface area contributed by atoms with Crippen molar-refractivity contribution in [1.29, 1.82) is 0 Å². The van der Waals surface area contributed by atoms with Gasteiger partial charge in [0.15, 0.2) is 0 Å². The first-order valence-electron chi connectivity index (χ1n) is 8.64. The molecule has 24 heavy (non-hydrogen) atoms. The predicted molar refractivity (Wildman–Crippen MR) is 90.2 cm³/mol. The molecule has 3 aliphatic rings. The molecule has 0 aromatic carbocycles. The Morgan fingerprint density at radius 2 is 2.29 bits per heavy atom. The Morgan fingerprint density at radius 1 is 1.33 bits per heavy atom. The number of rotatable bonds is 4. The van der Waals surface area contributed by atoms with E-state index in [0.29, 0.717) is 11.8 Å². The van der Waals surface area contributed by atoms with Gasteiger partial charge >= 0.3 is 0 Å². The maximum atomic E-state index is 12.9. The van der Waals surface area contributed by atoms with Gasteiger partial charge in [-0.25, -0.2) is 0 Å². The van der Waals surface area contributed by atoms with Crippen LogP contribution in [0.15, 0.2) is 18.5 Å². The molecule has 124 valence electrons. The Kier molecular flexibility index (Phi) is 3.29. The molecule has 2 aromatic heterocycles. The summed E-state index contributed by atoms with van der Waals surface area (Å²) in [6.07, 6.45) is 11.9. The summed E-state index contributed by atoms with van der Waals surface area (Å²) >= 11 is 1.65. The van der Waals surface area contributed by atoms with Crippen molar-refractivity contribution in [1.82, 2.24) is 25.5 Å². The van der Waals surface area contributed by atoms with Gasteiger partial charge in [0, 0.05) is 11.4 Å². The first kappa shape index (κ1) is 14.3. The van der Waals surface area contributed by atoms with Crippen LogP contribution in [-0.2, 0) is 12.8 Å². The molecule has 1 saturated carbocycles. The van der Waals surface area contributed by atoms with E-state index < -0.39 is 0 Å². The van der Waals surface area contributed by atoms with Gasteiger partial charge in [-0.3, -0.25) is 4.79 Å². The monoisotopic (exact) mass is 341 g/mol. The summed E-state index contributed by atoms with van der Waals surface area (Å²) in [6.45, 7) is 0.768. The zero-order valence-corrected chi connectivity index (χ0v) is 14.1. The van der Waals surface area contributed by atoms with Gasteiger partial charge in [0.2, 0.25) is 0 Å². The van der Waals surface area contributed by atoms with Crippen molar-refractivity contribution in [3.8, 4) is 5.00 Å². The minimum absolute atomic E-state index is 0.0339. The normalized spacial score (nSPS) is 26.9. The first-order chi connectivity index (χ1) is 11.8. The van der Waals surface area contributed by atoms with Crippen LogP contribution in [0.4, 0.5) is 0 Å². The third-order valence-electron chi connectivity index (χ3n) is 5.63. The summed E-state index contributed by atoms with van der Waals surface area (Å²) in [5.74, 6) is 2.01. The van der Waals surface area contributed by atoms with Crippen LogP contribution in [0.5, 0.6) is 0 Å². The van der Waals surface area contributed by atoms with Crippen molar-refractivity contribution < 1.29 is 4.79 Å². The molecule has 1 fully saturated rings. The lowest BCUT2D eigenvalue weighted by molar-refractivity contribution is 0.0944. The first-order valence-corrected chi connectivity index (χ1v) is 9.45. The molecule has 0 saturated heterocycles. The van der Waals surface area contributed by atoms with Crippen molar-refractivity contribution in [2.24, 2.45) is 17.8 Å². The molecule has 1 amide bonds. The summed E-state index contributed by atoms with van der Waals surface area (Å²) in [5, 5.41) is 15.5. The number of fused-ring (bicyclic) bond motifs is 3. The van der Waals surface area contributed by atoms with E-state index in [1.54, 1.807) is 22.3 Å². The smallest absolute Gasteiger partial charge is 0.254 e. The number of nitrogens with one attached hydrogen (secondary N) is 1. The molecular formula is C17H19N5OS. The third kappa shape index (κ3) is 2.22. The maximum Gasteiger partial charge on any atom is 0.254 e. The molecule has 2 aromatic rings. The quantitative estimate of drug-likeness (QED) is 0.865. The van der Waals surface area contributed by atoms with Gasteiger partial charge in [-0.1, -0.05) is 12.2 Å². The lowest BCUT2D eigenvalue weighted by Gasteiger charge is -2.18. The number of tetrazole rings is 1. The number of thiophene rings is 1. The molecular weight excluding hydrogens is 322 g/mol. The average molecular weight is 341 g/mol. The van der Waals surface area contributed by atoms with E-state index in [9.17, 15) is 4.79 Å². The molecule has 2 heterocycles. The van der Waals surface area contributed by atoms with E-state index >= 15 is 0 Å². The average Bonchev–Trinajstić information content (AvgIpc) is 3.38. The summed E-state index contributed by atoms with van der Waals surface area (Å²) in [6, 6.07) is 0. The largest absolute Gasteiger partial charge is 0.352 e. The number of amides is 1. The SMILES string of the molecule is O=C(NC[C@@H]1C[C@H]2C=C[C@H]1C2)c1c(-n2cnnn2)sc2c1CCC2. The van der Waals surface area contributed by atoms with Crippen molar-refractivity contribution in [2.75, 3.05) is 6.54 Å². The van der Waals surface area contributed by atoms with Crippen LogP contribution in [-0.4, -0.2) is 32.7 Å². The standard InChI is InChI=1S/C17H19N5OS/c23-16(18-8-12-7-10-4-5-11(12)6-10)15-13-2-1-3-14(13)24-17(15)22-9-19-20-21-22/h4-5,9-12H,1-3,6-8H2,(H,18,23)/t10-,11-,12-/m0/s1. The summed E-state index contributed by atoms with van der Waals surface area (Å²) in [7, 11) is 0. The number of hydrogen-bond donors (Lipinski definition) is 1. The fraction of sp³-hybridized carbons (Fsp3) is 0.529. The second kappa shape index (κ2) is 5.51.